The molecule has 1 aliphatic carbocycles. The molecule has 0 bridgehead atoms. The molecule has 0 heterocycles. The van der Waals surface area contributed by atoms with Gasteiger partial charge in [0.05, 0.1) is 6.61 Å². The summed E-state index contributed by atoms with van der Waals surface area (Å²) in [4.78, 5) is 35.4. The first-order chi connectivity index (χ1) is 26.4. The van der Waals surface area contributed by atoms with Gasteiger partial charge >= 0.3 is 19.8 Å². The lowest BCUT2D eigenvalue weighted by molar-refractivity contribution is -0.220. The fraction of sp³-hybridized carbons (Fsp3) is 0.707. The number of phosphoric acid groups is 1. The van der Waals surface area contributed by atoms with Crippen molar-refractivity contribution in [1.82, 2.24) is 0 Å². The number of allylic oxidation sites excluding steroid dienone is 10. The van der Waals surface area contributed by atoms with Crippen LogP contribution in [0.25, 0.3) is 0 Å². The molecule has 0 radical (unpaired) electrons. The van der Waals surface area contributed by atoms with Gasteiger partial charge in [-0.15, -0.1) is 0 Å². The van der Waals surface area contributed by atoms with E-state index in [0.717, 1.165) is 51.4 Å². The molecule has 316 valence electrons. The first-order valence-corrected chi connectivity index (χ1v) is 21.6. The molecule has 0 spiro atoms. The highest BCUT2D eigenvalue weighted by atomic mass is 31.2. The van der Waals surface area contributed by atoms with Gasteiger partial charge in [-0.25, -0.2) is 4.57 Å². The van der Waals surface area contributed by atoms with Gasteiger partial charge in [-0.05, 0) is 51.4 Å². The lowest BCUT2D eigenvalue weighted by Crippen LogP contribution is -2.64. The van der Waals surface area contributed by atoms with Crippen LogP contribution in [-0.2, 0) is 32.7 Å². The van der Waals surface area contributed by atoms with Crippen LogP contribution in [0.5, 0.6) is 0 Å². The maximum atomic E-state index is 12.7. The molecule has 0 aromatic heterocycles. The average Bonchev–Trinajstić information content (AvgIpc) is 3.16. The van der Waals surface area contributed by atoms with E-state index in [1.807, 2.05) is 12.2 Å². The summed E-state index contributed by atoms with van der Waals surface area (Å²) in [5.41, 5.74) is 0. The SMILES string of the molecule is CC/C=C\C/C=C\C/C=C\C/C=C\C/C=C\CCCC(=O)OC(COC(=O)CCCCCCCCCCC)COP(=O)(O)OC1C(O)C(O)C(O)C(O)C1O. The van der Waals surface area contributed by atoms with Gasteiger partial charge in [-0.2, -0.15) is 0 Å². The second kappa shape index (κ2) is 31.6. The number of unbranched alkanes of at least 4 members (excludes halogenated alkanes) is 9. The summed E-state index contributed by atoms with van der Waals surface area (Å²) in [5, 5.41) is 49.9. The van der Waals surface area contributed by atoms with E-state index in [-0.39, 0.29) is 12.8 Å². The highest BCUT2D eigenvalue weighted by molar-refractivity contribution is 7.47. The molecule has 55 heavy (non-hydrogen) atoms. The molecule has 0 saturated heterocycles. The Morgan fingerprint density at radius 3 is 1.56 bits per heavy atom. The number of aliphatic hydroxyl groups excluding tert-OH is 5. The Bertz CT molecular complexity index is 1200. The Labute approximate surface area is 328 Å². The van der Waals surface area contributed by atoms with E-state index in [0.29, 0.717) is 19.3 Å². The van der Waals surface area contributed by atoms with Crippen LogP contribution < -0.4 is 0 Å². The van der Waals surface area contributed by atoms with Crippen molar-refractivity contribution in [1.29, 1.82) is 0 Å². The lowest BCUT2D eigenvalue weighted by Gasteiger charge is -2.41. The van der Waals surface area contributed by atoms with Gasteiger partial charge in [0.2, 0.25) is 0 Å². The summed E-state index contributed by atoms with van der Waals surface area (Å²) < 4.78 is 33.3. The number of ether oxygens (including phenoxy) is 2. The van der Waals surface area contributed by atoms with Crippen molar-refractivity contribution in [3.05, 3.63) is 60.8 Å². The van der Waals surface area contributed by atoms with Crippen molar-refractivity contribution >= 4 is 19.8 Å². The van der Waals surface area contributed by atoms with Crippen LogP contribution in [0.1, 0.15) is 129 Å². The Hall–Kier alpha value is -2.45. The predicted octanol–water partition coefficient (Wildman–Crippen LogP) is 6.60. The van der Waals surface area contributed by atoms with Crippen molar-refractivity contribution in [2.75, 3.05) is 13.2 Å². The molecule has 6 N–H and O–H groups in total. The molecule has 1 aliphatic rings. The Kier molecular flexibility index (Phi) is 29.1. The number of rotatable bonds is 31. The molecule has 0 amide bonds. The third-order valence-corrected chi connectivity index (χ3v) is 9.86. The standard InChI is InChI=1S/C41H69O13P/c1-3-5-7-9-11-13-14-15-16-17-18-19-20-22-24-26-28-30-35(43)53-33(31-51-34(42)29-27-25-23-21-12-10-8-6-4-2)32-52-55(49,50)54-41-39(47)37(45)36(44)38(46)40(41)48/h5,7,11,13,15-16,18-19,22,24,33,36-41,44-48H,3-4,6,8-10,12,14,17,20-21,23,25-32H2,1-2H3,(H,49,50)/b7-5-,13-11-,16-15-,19-18-,24-22-. The zero-order valence-electron chi connectivity index (χ0n) is 32.9. The maximum absolute atomic E-state index is 12.7. The van der Waals surface area contributed by atoms with Crippen molar-refractivity contribution < 1.29 is 63.1 Å². The van der Waals surface area contributed by atoms with E-state index >= 15 is 0 Å². The van der Waals surface area contributed by atoms with Crippen molar-refractivity contribution in [3.63, 3.8) is 0 Å². The van der Waals surface area contributed by atoms with Crippen LogP contribution >= 0.6 is 7.82 Å². The normalized spacial score (nSPS) is 23.7. The van der Waals surface area contributed by atoms with Crippen LogP contribution in [0.3, 0.4) is 0 Å². The molecule has 6 atom stereocenters. The van der Waals surface area contributed by atoms with E-state index in [9.17, 15) is 44.6 Å². The molecule has 14 heteroatoms. The van der Waals surface area contributed by atoms with Crippen molar-refractivity contribution in [2.24, 2.45) is 0 Å². The Morgan fingerprint density at radius 1 is 0.582 bits per heavy atom. The second-order valence-electron chi connectivity index (χ2n) is 13.8. The van der Waals surface area contributed by atoms with Crippen molar-refractivity contribution in [3.8, 4) is 0 Å². The number of carbonyl (C=O) groups excluding carboxylic acids is 2. The summed E-state index contributed by atoms with van der Waals surface area (Å²) in [6, 6.07) is 0. The molecule has 1 rings (SSSR count). The quantitative estimate of drug-likeness (QED) is 0.0189. The van der Waals surface area contributed by atoms with Gasteiger partial charge in [0.15, 0.2) is 6.10 Å². The van der Waals surface area contributed by atoms with Gasteiger partial charge in [0.1, 0.15) is 43.2 Å². The van der Waals surface area contributed by atoms with Crippen LogP contribution in [0, 0.1) is 0 Å². The lowest BCUT2D eigenvalue weighted by atomic mass is 9.85. The summed E-state index contributed by atoms with van der Waals surface area (Å²) in [7, 11) is -5.13. The van der Waals surface area contributed by atoms with Crippen LogP contribution in [0.2, 0.25) is 0 Å². The van der Waals surface area contributed by atoms with E-state index in [4.69, 9.17) is 18.5 Å². The minimum atomic E-state index is -5.13. The third-order valence-electron chi connectivity index (χ3n) is 8.87. The molecule has 1 saturated carbocycles. The minimum absolute atomic E-state index is 0.0169. The molecule has 0 aliphatic heterocycles. The third kappa shape index (κ3) is 24.7. The topological polar surface area (TPSA) is 210 Å². The van der Waals surface area contributed by atoms with Gasteiger partial charge in [0, 0.05) is 12.8 Å². The monoisotopic (exact) mass is 800 g/mol. The zero-order chi connectivity index (χ0) is 40.7. The van der Waals surface area contributed by atoms with Crippen LogP contribution in [-0.4, -0.2) is 98.3 Å². The Morgan fingerprint density at radius 2 is 1.04 bits per heavy atom. The second-order valence-corrected chi connectivity index (χ2v) is 15.2. The largest absolute Gasteiger partial charge is 0.472 e. The van der Waals surface area contributed by atoms with Gasteiger partial charge in [-0.1, -0.05) is 126 Å². The summed E-state index contributed by atoms with van der Waals surface area (Å²) >= 11 is 0. The molecule has 6 unspecified atom stereocenters. The van der Waals surface area contributed by atoms with Gasteiger partial charge in [0.25, 0.3) is 0 Å². The van der Waals surface area contributed by atoms with E-state index in [1.165, 1.54) is 32.1 Å². The van der Waals surface area contributed by atoms with E-state index in [2.05, 4.69) is 62.5 Å². The first-order valence-electron chi connectivity index (χ1n) is 20.1. The summed E-state index contributed by atoms with van der Waals surface area (Å²) in [5.74, 6) is -1.18. The summed E-state index contributed by atoms with van der Waals surface area (Å²) in [6.45, 7) is 3.07. The zero-order valence-corrected chi connectivity index (χ0v) is 33.8. The van der Waals surface area contributed by atoms with Crippen molar-refractivity contribution in [2.45, 2.75) is 172 Å². The highest BCUT2D eigenvalue weighted by Gasteiger charge is 2.51. The number of hydrogen-bond donors (Lipinski definition) is 6. The number of hydrogen-bond acceptors (Lipinski definition) is 12. The van der Waals surface area contributed by atoms with Crippen LogP contribution in [0.15, 0.2) is 60.8 Å². The fourth-order valence-electron chi connectivity index (χ4n) is 5.61. The van der Waals surface area contributed by atoms with Crippen LogP contribution in [0.4, 0.5) is 0 Å². The highest BCUT2D eigenvalue weighted by Crippen LogP contribution is 2.47. The first kappa shape index (κ1) is 50.6. The molecule has 1 fully saturated rings. The molecule has 13 nitrogen and oxygen atoms in total. The number of esters is 2. The molecule has 0 aromatic rings. The van der Waals surface area contributed by atoms with Gasteiger partial charge in [-0.3, -0.25) is 18.6 Å². The predicted molar refractivity (Wildman–Crippen MR) is 212 cm³/mol. The minimum Gasteiger partial charge on any atom is -0.462 e. The summed E-state index contributed by atoms with van der Waals surface area (Å²) in [6.07, 6.45) is 23.1. The number of aliphatic hydroxyl groups is 5. The molecule has 0 aromatic carbocycles. The molecular weight excluding hydrogens is 731 g/mol. The fourth-order valence-corrected chi connectivity index (χ4v) is 6.59. The van der Waals surface area contributed by atoms with E-state index < -0.39 is 75.7 Å². The number of phosphoric ester groups is 1. The molecular formula is C41H69O13P. The number of carbonyl (C=O) groups is 2. The average molecular weight is 801 g/mol. The van der Waals surface area contributed by atoms with Gasteiger partial charge < -0.3 is 39.9 Å². The Balaban J connectivity index is 2.57. The smallest absolute Gasteiger partial charge is 0.462 e. The van der Waals surface area contributed by atoms with E-state index in [1.54, 1.807) is 0 Å². The maximum Gasteiger partial charge on any atom is 0.472 e.